The first-order valence-electron chi connectivity index (χ1n) is 9.73. The molecule has 2 aromatic rings. The number of nitrogens with one attached hydrogen (secondary N) is 1. The third kappa shape index (κ3) is 4.42. The van der Waals surface area contributed by atoms with Gasteiger partial charge in [-0.15, -0.1) is 0 Å². The molecular formula is C23H27NO4. The maximum atomic E-state index is 12.5. The van der Waals surface area contributed by atoms with Gasteiger partial charge in [0.1, 0.15) is 13.3 Å². The van der Waals surface area contributed by atoms with Crippen molar-refractivity contribution in [3.63, 3.8) is 0 Å². The molecule has 1 atom stereocenters. The minimum absolute atomic E-state index is 0.00571. The predicted octanol–water partition coefficient (Wildman–Crippen LogP) is 3.46. The van der Waals surface area contributed by atoms with Gasteiger partial charge in [0.25, 0.3) is 0 Å². The van der Waals surface area contributed by atoms with Crippen LogP contribution in [-0.2, 0) is 14.3 Å². The average molecular weight is 381 g/mol. The molecule has 0 aromatic heterocycles. The van der Waals surface area contributed by atoms with Gasteiger partial charge in [-0.2, -0.15) is 0 Å². The summed E-state index contributed by atoms with van der Waals surface area (Å²) in [5.41, 5.74) is 4.68. The Bertz CT molecular complexity index is 801. The SMILES string of the molecule is CC(C)C[C@H](CC(=O)OCC1c2ccccc2-c2ccccc21)C(=O)NCO. The molecule has 0 heterocycles. The van der Waals surface area contributed by atoms with Gasteiger partial charge < -0.3 is 15.2 Å². The van der Waals surface area contributed by atoms with Crippen LogP contribution in [0.15, 0.2) is 48.5 Å². The van der Waals surface area contributed by atoms with Gasteiger partial charge in [-0.3, -0.25) is 9.59 Å². The van der Waals surface area contributed by atoms with Gasteiger partial charge in [0, 0.05) is 11.8 Å². The maximum absolute atomic E-state index is 12.5. The molecule has 5 nitrogen and oxygen atoms in total. The Balaban J connectivity index is 1.68. The van der Waals surface area contributed by atoms with Crippen LogP contribution in [0, 0.1) is 11.8 Å². The summed E-state index contributed by atoms with van der Waals surface area (Å²) >= 11 is 0. The number of carbonyl (C=O) groups is 2. The van der Waals surface area contributed by atoms with E-state index in [1.165, 1.54) is 11.1 Å². The van der Waals surface area contributed by atoms with Crippen LogP contribution in [0.5, 0.6) is 0 Å². The number of hydrogen-bond donors (Lipinski definition) is 2. The topological polar surface area (TPSA) is 75.6 Å². The van der Waals surface area contributed by atoms with Crippen molar-refractivity contribution in [2.24, 2.45) is 11.8 Å². The Morgan fingerprint density at radius 3 is 2.14 bits per heavy atom. The summed E-state index contributed by atoms with van der Waals surface area (Å²) in [5.74, 6) is -0.935. The number of hydrogen-bond acceptors (Lipinski definition) is 4. The zero-order chi connectivity index (χ0) is 20.1. The Morgan fingerprint density at radius 1 is 1.04 bits per heavy atom. The van der Waals surface area contributed by atoms with Crippen LogP contribution < -0.4 is 5.32 Å². The van der Waals surface area contributed by atoms with Crippen LogP contribution >= 0.6 is 0 Å². The number of amides is 1. The van der Waals surface area contributed by atoms with E-state index in [9.17, 15) is 9.59 Å². The van der Waals surface area contributed by atoms with Crippen LogP contribution in [0.25, 0.3) is 11.1 Å². The number of carbonyl (C=O) groups excluding carboxylic acids is 2. The molecule has 0 aliphatic heterocycles. The molecule has 0 bridgehead atoms. The molecule has 0 spiro atoms. The van der Waals surface area contributed by atoms with Crippen LogP contribution in [0.2, 0.25) is 0 Å². The lowest BCUT2D eigenvalue weighted by Gasteiger charge is -2.19. The third-order valence-corrected chi connectivity index (χ3v) is 5.17. The van der Waals surface area contributed by atoms with Crippen molar-refractivity contribution < 1.29 is 19.4 Å². The normalized spacial score (nSPS) is 13.7. The lowest BCUT2D eigenvalue weighted by atomic mass is 9.93. The Kier molecular flexibility index (Phi) is 6.47. The minimum atomic E-state index is -0.497. The summed E-state index contributed by atoms with van der Waals surface area (Å²) in [6, 6.07) is 16.4. The van der Waals surface area contributed by atoms with Crippen LogP contribution in [0.3, 0.4) is 0 Å². The van der Waals surface area contributed by atoms with Crippen molar-refractivity contribution in [2.45, 2.75) is 32.6 Å². The molecule has 1 aliphatic rings. The van der Waals surface area contributed by atoms with Crippen LogP contribution in [0.1, 0.15) is 43.7 Å². The number of rotatable bonds is 8. The first kappa shape index (κ1) is 20.1. The molecule has 0 saturated heterocycles. The van der Waals surface area contributed by atoms with E-state index in [2.05, 4.69) is 29.6 Å². The predicted molar refractivity (Wildman–Crippen MR) is 107 cm³/mol. The summed E-state index contributed by atoms with van der Waals surface area (Å²) in [4.78, 5) is 24.6. The average Bonchev–Trinajstić information content (AvgIpc) is 3.00. The molecule has 148 valence electrons. The Labute approximate surface area is 165 Å². The van der Waals surface area contributed by atoms with Gasteiger partial charge in [-0.25, -0.2) is 0 Å². The second-order valence-electron chi connectivity index (χ2n) is 7.64. The van der Waals surface area contributed by atoms with Gasteiger partial charge >= 0.3 is 5.97 Å². The van der Waals surface area contributed by atoms with E-state index < -0.39 is 12.6 Å². The van der Waals surface area contributed by atoms with Crippen molar-refractivity contribution in [3.05, 3.63) is 59.7 Å². The summed E-state index contributed by atoms with van der Waals surface area (Å²) in [6.07, 6.45) is 0.579. The van der Waals surface area contributed by atoms with Crippen LogP contribution in [0.4, 0.5) is 0 Å². The van der Waals surface area contributed by atoms with E-state index in [4.69, 9.17) is 9.84 Å². The highest BCUT2D eigenvalue weighted by Gasteiger charge is 2.30. The monoisotopic (exact) mass is 381 g/mol. The highest BCUT2D eigenvalue weighted by molar-refractivity contribution is 5.84. The van der Waals surface area contributed by atoms with E-state index in [-0.39, 0.29) is 36.7 Å². The number of fused-ring (bicyclic) bond motifs is 3. The molecule has 1 aliphatic carbocycles. The van der Waals surface area contributed by atoms with Crippen molar-refractivity contribution >= 4 is 11.9 Å². The first-order valence-corrected chi connectivity index (χ1v) is 9.73. The van der Waals surface area contributed by atoms with Crippen molar-refractivity contribution in [3.8, 4) is 11.1 Å². The number of esters is 1. The van der Waals surface area contributed by atoms with Crippen molar-refractivity contribution in [1.29, 1.82) is 0 Å². The van der Waals surface area contributed by atoms with Gasteiger partial charge in [0.15, 0.2) is 0 Å². The summed E-state index contributed by atoms with van der Waals surface area (Å²) in [7, 11) is 0. The van der Waals surface area contributed by atoms with Gasteiger partial charge in [0.2, 0.25) is 5.91 Å². The van der Waals surface area contributed by atoms with Gasteiger partial charge in [-0.05, 0) is 34.6 Å². The van der Waals surface area contributed by atoms with Gasteiger partial charge in [-0.1, -0.05) is 62.4 Å². The molecule has 0 unspecified atom stereocenters. The fourth-order valence-electron chi connectivity index (χ4n) is 3.95. The van der Waals surface area contributed by atoms with E-state index in [0.717, 1.165) is 11.1 Å². The highest BCUT2D eigenvalue weighted by Crippen LogP contribution is 2.44. The molecule has 1 amide bonds. The Morgan fingerprint density at radius 2 is 1.61 bits per heavy atom. The van der Waals surface area contributed by atoms with E-state index in [1.54, 1.807) is 0 Å². The Hall–Kier alpha value is -2.66. The molecule has 0 fully saturated rings. The first-order chi connectivity index (χ1) is 13.5. The number of ether oxygens (including phenoxy) is 1. The molecule has 0 radical (unpaired) electrons. The molecule has 28 heavy (non-hydrogen) atoms. The van der Waals surface area contributed by atoms with Crippen molar-refractivity contribution in [2.75, 3.05) is 13.3 Å². The zero-order valence-electron chi connectivity index (χ0n) is 16.4. The minimum Gasteiger partial charge on any atom is -0.465 e. The largest absolute Gasteiger partial charge is 0.465 e. The second-order valence-corrected chi connectivity index (χ2v) is 7.64. The van der Waals surface area contributed by atoms with Crippen molar-refractivity contribution in [1.82, 2.24) is 5.32 Å². The standard InChI is InChI=1S/C23H27NO4/c1-15(2)11-16(23(27)24-14-25)12-22(26)28-13-21-19-9-5-3-7-17(19)18-8-4-6-10-20(18)21/h3-10,15-16,21,25H,11-14H2,1-2H3,(H,24,27)/t16-/m1/s1. The number of aliphatic hydroxyl groups is 1. The third-order valence-electron chi connectivity index (χ3n) is 5.17. The zero-order valence-corrected chi connectivity index (χ0v) is 16.4. The fraction of sp³-hybridized carbons (Fsp3) is 0.391. The quantitative estimate of drug-likeness (QED) is 0.542. The molecule has 5 heteroatoms. The van der Waals surface area contributed by atoms with Crippen LogP contribution in [-0.4, -0.2) is 30.3 Å². The van der Waals surface area contributed by atoms with E-state index in [0.29, 0.717) is 6.42 Å². The molecule has 2 N–H and O–H groups in total. The molecular weight excluding hydrogens is 354 g/mol. The highest BCUT2D eigenvalue weighted by atomic mass is 16.5. The fourth-order valence-corrected chi connectivity index (χ4v) is 3.95. The smallest absolute Gasteiger partial charge is 0.306 e. The van der Waals surface area contributed by atoms with E-state index >= 15 is 0 Å². The summed E-state index contributed by atoms with van der Waals surface area (Å²) in [6.45, 7) is 3.81. The number of benzene rings is 2. The molecule has 2 aromatic carbocycles. The summed E-state index contributed by atoms with van der Waals surface area (Å²) < 4.78 is 5.60. The number of aliphatic hydroxyl groups excluding tert-OH is 1. The second kappa shape index (κ2) is 9.02. The van der Waals surface area contributed by atoms with Gasteiger partial charge in [0.05, 0.1) is 6.42 Å². The lowest BCUT2D eigenvalue weighted by molar-refractivity contribution is -0.147. The molecule has 0 saturated carbocycles. The maximum Gasteiger partial charge on any atom is 0.306 e. The lowest BCUT2D eigenvalue weighted by Crippen LogP contribution is -2.34. The van der Waals surface area contributed by atoms with E-state index in [1.807, 2.05) is 38.1 Å². The molecule has 3 rings (SSSR count). The summed E-state index contributed by atoms with van der Waals surface area (Å²) in [5, 5.41) is 11.3.